The van der Waals surface area contributed by atoms with E-state index >= 15 is 0 Å². The van der Waals surface area contributed by atoms with Gasteiger partial charge in [0.1, 0.15) is 0 Å². The zero-order valence-corrected chi connectivity index (χ0v) is 14.9. The number of hydrogen-bond acceptors (Lipinski definition) is 3. The number of thioether (sulfide) groups is 1. The molecule has 4 heteroatoms. The molecule has 0 unspecified atom stereocenters. The molecular weight excluding hydrogens is 316 g/mol. The second-order valence-electron chi connectivity index (χ2n) is 6.14. The molecule has 2 aromatic rings. The Balaban J connectivity index is 1.67. The van der Waals surface area contributed by atoms with Crippen molar-refractivity contribution < 1.29 is 4.79 Å². The number of carbonyl (C=O) groups is 1. The van der Waals surface area contributed by atoms with Gasteiger partial charge in [-0.25, -0.2) is 0 Å². The third-order valence-corrected chi connectivity index (χ3v) is 5.14. The molecule has 1 amide bonds. The van der Waals surface area contributed by atoms with Gasteiger partial charge in [0, 0.05) is 18.0 Å². The van der Waals surface area contributed by atoms with E-state index in [9.17, 15) is 4.79 Å². The molecule has 1 N–H and O–H groups in total. The molecule has 24 heavy (non-hydrogen) atoms. The van der Waals surface area contributed by atoms with Crippen LogP contribution in [-0.4, -0.2) is 25.3 Å². The smallest absolute Gasteiger partial charge is 0.228 e. The van der Waals surface area contributed by atoms with E-state index < -0.39 is 0 Å². The second-order valence-corrected chi connectivity index (χ2v) is 7.02. The number of nitrogens with zero attached hydrogens (tertiary/aromatic N) is 1. The number of hydrogen-bond donors (Lipinski definition) is 1. The van der Waals surface area contributed by atoms with E-state index in [0.717, 1.165) is 30.0 Å². The molecule has 0 atom stereocenters. The molecule has 3 nitrogen and oxygen atoms in total. The zero-order chi connectivity index (χ0) is 16.8. The maximum atomic E-state index is 12.4. The fourth-order valence-corrected chi connectivity index (χ4v) is 3.52. The van der Waals surface area contributed by atoms with Gasteiger partial charge in [-0.2, -0.15) is 0 Å². The lowest BCUT2D eigenvalue weighted by Crippen LogP contribution is -2.30. The molecule has 0 aromatic heterocycles. The van der Waals surface area contributed by atoms with E-state index in [-0.39, 0.29) is 5.91 Å². The minimum Gasteiger partial charge on any atom is -0.370 e. The quantitative estimate of drug-likeness (QED) is 0.809. The van der Waals surface area contributed by atoms with Crippen molar-refractivity contribution in [2.24, 2.45) is 0 Å². The van der Waals surface area contributed by atoms with Crippen LogP contribution >= 0.6 is 11.8 Å². The lowest BCUT2D eigenvalue weighted by atomic mass is 10.1. The predicted molar refractivity (Wildman–Crippen MR) is 103 cm³/mol. The summed E-state index contributed by atoms with van der Waals surface area (Å²) in [6, 6.07) is 16.3. The summed E-state index contributed by atoms with van der Waals surface area (Å²) >= 11 is 1.71. The van der Waals surface area contributed by atoms with Crippen LogP contribution in [0.25, 0.3) is 0 Å². The highest BCUT2D eigenvalue weighted by Gasteiger charge is 2.15. The third-order valence-electron chi connectivity index (χ3n) is 4.40. The topological polar surface area (TPSA) is 32.3 Å². The standard InChI is InChI=1S/C20H24N2OS/c1-24-17-11-9-16(10-12-17)15-20(23)21-18-7-3-4-8-19(18)22-13-5-2-6-14-22/h3-4,7-12H,2,5-6,13-15H2,1H3,(H,21,23). The van der Waals surface area contributed by atoms with Crippen molar-refractivity contribution in [3.63, 3.8) is 0 Å². The minimum atomic E-state index is 0.0383. The average Bonchev–Trinajstić information content (AvgIpc) is 2.63. The molecule has 0 bridgehead atoms. The number of amides is 1. The Kier molecular flexibility index (Phi) is 5.81. The fourth-order valence-electron chi connectivity index (χ4n) is 3.11. The van der Waals surface area contributed by atoms with E-state index in [4.69, 9.17) is 0 Å². The van der Waals surface area contributed by atoms with Crippen molar-refractivity contribution in [2.45, 2.75) is 30.6 Å². The SMILES string of the molecule is CSc1ccc(CC(=O)Nc2ccccc2N2CCCCC2)cc1. The van der Waals surface area contributed by atoms with Crippen molar-refractivity contribution in [2.75, 3.05) is 29.6 Å². The van der Waals surface area contributed by atoms with Crippen molar-refractivity contribution >= 4 is 29.0 Å². The van der Waals surface area contributed by atoms with Gasteiger partial charge in [-0.15, -0.1) is 11.8 Å². The lowest BCUT2D eigenvalue weighted by molar-refractivity contribution is -0.115. The van der Waals surface area contributed by atoms with E-state index in [2.05, 4.69) is 34.7 Å². The largest absolute Gasteiger partial charge is 0.370 e. The van der Waals surface area contributed by atoms with Gasteiger partial charge >= 0.3 is 0 Å². The fraction of sp³-hybridized carbons (Fsp3) is 0.350. The Hall–Kier alpha value is -1.94. The summed E-state index contributed by atoms with van der Waals surface area (Å²) in [6.45, 7) is 2.14. The summed E-state index contributed by atoms with van der Waals surface area (Å²) in [7, 11) is 0. The first-order valence-corrected chi connectivity index (χ1v) is 9.75. The first-order chi connectivity index (χ1) is 11.8. The second kappa shape index (κ2) is 8.25. The van der Waals surface area contributed by atoms with Gasteiger partial charge in [-0.1, -0.05) is 24.3 Å². The maximum Gasteiger partial charge on any atom is 0.228 e. The summed E-state index contributed by atoms with van der Waals surface area (Å²) in [6.07, 6.45) is 6.22. The summed E-state index contributed by atoms with van der Waals surface area (Å²) in [5.41, 5.74) is 3.11. The summed E-state index contributed by atoms with van der Waals surface area (Å²) in [4.78, 5) is 16.0. The molecular formula is C20H24N2OS. The highest BCUT2D eigenvalue weighted by Crippen LogP contribution is 2.28. The Bertz CT molecular complexity index is 678. The molecule has 1 fully saturated rings. The van der Waals surface area contributed by atoms with Crippen LogP contribution in [0.15, 0.2) is 53.4 Å². The molecule has 1 aliphatic rings. The third kappa shape index (κ3) is 4.32. The molecule has 1 aliphatic heterocycles. The van der Waals surface area contributed by atoms with E-state index in [1.165, 1.54) is 24.2 Å². The van der Waals surface area contributed by atoms with E-state index in [1.807, 2.05) is 30.3 Å². The molecule has 3 rings (SSSR count). The summed E-state index contributed by atoms with van der Waals surface area (Å²) in [5.74, 6) is 0.0383. The van der Waals surface area contributed by atoms with Crippen LogP contribution in [0, 0.1) is 0 Å². The van der Waals surface area contributed by atoms with Gasteiger partial charge in [0.25, 0.3) is 0 Å². The van der Waals surface area contributed by atoms with Gasteiger partial charge in [0.15, 0.2) is 0 Å². The number of benzene rings is 2. The Labute approximate surface area is 148 Å². The van der Waals surface area contributed by atoms with Crippen molar-refractivity contribution in [3.05, 3.63) is 54.1 Å². The maximum absolute atomic E-state index is 12.4. The number of rotatable bonds is 5. The van der Waals surface area contributed by atoms with Crippen molar-refractivity contribution in [1.82, 2.24) is 0 Å². The first kappa shape index (κ1) is 16.9. The highest BCUT2D eigenvalue weighted by atomic mass is 32.2. The molecule has 1 heterocycles. The normalized spacial score (nSPS) is 14.5. The van der Waals surface area contributed by atoms with E-state index in [0.29, 0.717) is 6.42 Å². The number of para-hydroxylation sites is 2. The molecule has 0 aliphatic carbocycles. The van der Waals surface area contributed by atoms with Crippen LogP contribution in [0.3, 0.4) is 0 Å². The van der Waals surface area contributed by atoms with Gasteiger partial charge in [-0.3, -0.25) is 4.79 Å². The average molecular weight is 340 g/mol. The highest BCUT2D eigenvalue weighted by molar-refractivity contribution is 7.98. The van der Waals surface area contributed by atoms with Crippen LogP contribution in [0.1, 0.15) is 24.8 Å². The van der Waals surface area contributed by atoms with Crippen LogP contribution in [0.2, 0.25) is 0 Å². The van der Waals surface area contributed by atoms with E-state index in [1.54, 1.807) is 11.8 Å². The molecule has 1 saturated heterocycles. The summed E-state index contributed by atoms with van der Waals surface area (Å²) in [5, 5.41) is 3.10. The molecule has 0 radical (unpaired) electrons. The number of piperidine rings is 1. The van der Waals surface area contributed by atoms with Gasteiger partial charge < -0.3 is 10.2 Å². The van der Waals surface area contributed by atoms with Crippen molar-refractivity contribution in [3.8, 4) is 0 Å². The molecule has 0 saturated carbocycles. The Morgan fingerprint density at radius 3 is 2.46 bits per heavy atom. The lowest BCUT2D eigenvalue weighted by Gasteiger charge is -2.30. The monoisotopic (exact) mass is 340 g/mol. The van der Waals surface area contributed by atoms with Gasteiger partial charge in [0.05, 0.1) is 17.8 Å². The number of nitrogens with one attached hydrogen (secondary N) is 1. The van der Waals surface area contributed by atoms with Gasteiger partial charge in [-0.05, 0) is 55.3 Å². The van der Waals surface area contributed by atoms with Crippen LogP contribution < -0.4 is 10.2 Å². The van der Waals surface area contributed by atoms with Gasteiger partial charge in [0.2, 0.25) is 5.91 Å². The minimum absolute atomic E-state index is 0.0383. The first-order valence-electron chi connectivity index (χ1n) is 8.53. The Morgan fingerprint density at radius 1 is 1.04 bits per heavy atom. The summed E-state index contributed by atoms with van der Waals surface area (Å²) < 4.78 is 0. The van der Waals surface area contributed by atoms with Crippen LogP contribution in [-0.2, 0) is 11.2 Å². The molecule has 0 spiro atoms. The van der Waals surface area contributed by atoms with Crippen LogP contribution in [0.5, 0.6) is 0 Å². The van der Waals surface area contributed by atoms with Crippen LogP contribution in [0.4, 0.5) is 11.4 Å². The zero-order valence-electron chi connectivity index (χ0n) is 14.1. The Morgan fingerprint density at radius 2 is 1.75 bits per heavy atom. The number of carbonyl (C=O) groups excluding carboxylic acids is 1. The molecule has 2 aromatic carbocycles. The molecule has 126 valence electrons. The van der Waals surface area contributed by atoms with Crippen molar-refractivity contribution in [1.29, 1.82) is 0 Å². The number of anilines is 2. The predicted octanol–water partition coefficient (Wildman–Crippen LogP) is 4.58.